The molecule has 0 aliphatic heterocycles. The largest absolute Gasteiger partial charge is 0.458 e. The predicted octanol–water partition coefficient (Wildman–Crippen LogP) is 4.12. The zero-order chi connectivity index (χ0) is 21.9. The lowest BCUT2D eigenvalue weighted by molar-refractivity contribution is -0.159. The number of halogens is 1. The van der Waals surface area contributed by atoms with Gasteiger partial charge >= 0.3 is 18.1 Å². The SMILES string of the molecule is CC(C)(C)OC(=O)[C@@H](CC(=O)F)NC(=O)OCC1c2ccccc2-c2ccccc21. The number of esters is 1. The monoisotopic (exact) mass is 413 g/mol. The molecule has 0 saturated heterocycles. The van der Waals surface area contributed by atoms with Gasteiger partial charge in [-0.15, -0.1) is 0 Å². The number of hydrogen-bond acceptors (Lipinski definition) is 5. The number of alkyl carbamates (subject to hydrolysis) is 1. The van der Waals surface area contributed by atoms with E-state index >= 15 is 0 Å². The van der Waals surface area contributed by atoms with Gasteiger partial charge in [-0.25, -0.2) is 9.59 Å². The van der Waals surface area contributed by atoms with Gasteiger partial charge in [0.15, 0.2) is 0 Å². The van der Waals surface area contributed by atoms with E-state index in [1.165, 1.54) is 0 Å². The smallest absolute Gasteiger partial charge is 0.407 e. The molecule has 0 fully saturated rings. The molecular weight excluding hydrogens is 389 g/mol. The van der Waals surface area contributed by atoms with Gasteiger partial charge < -0.3 is 14.8 Å². The van der Waals surface area contributed by atoms with Gasteiger partial charge in [0.25, 0.3) is 0 Å². The van der Waals surface area contributed by atoms with Crippen LogP contribution in [0.1, 0.15) is 44.2 Å². The van der Waals surface area contributed by atoms with Crippen LogP contribution >= 0.6 is 0 Å². The summed E-state index contributed by atoms with van der Waals surface area (Å²) in [6.45, 7) is 4.93. The first-order valence-electron chi connectivity index (χ1n) is 9.68. The molecule has 6 nitrogen and oxygen atoms in total. The van der Waals surface area contributed by atoms with E-state index in [2.05, 4.69) is 5.32 Å². The number of ether oxygens (including phenoxy) is 2. The first-order valence-corrected chi connectivity index (χ1v) is 9.68. The fourth-order valence-electron chi connectivity index (χ4n) is 3.51. The molecule has 0 aromatic heterocycles. The molecule has 3 rings (SSSR count). The Morgan fingerprint density at radius 2 is 1.53 bits per heavy atom. The van der Waals surface area contributed by atoms with E-state index in [9.17, 15) is 18.8 Å². The zero-order valence-corrected chi connectivity index (χ0v) is 17.1. The second-order valence-corrected chi connectivity index (χ2v) is 8.12. The lowest BCUT2D eigenvalue weighted by Crippen LogP contribution is -2.45. The van der Waals surface area contributed by atoms with Gasteiger partial charge in [0.2, 0.25) is 0 Å². The maximum atomic E-state index is 12.9. The maximum absolute atomic E-state index is 12.9. The van der Waals surface area contributed by atoms with E-state index in [-0.39, 0.29) is 12.5 Å². The molecule has 158 valence electrons. The number of amides is 1. The van der Waals surface area contributed by atoms with Crippen LogP contribution in [0.15, 0.2) is 48.5 Å². The lowest BCUT2D eigenvalue weighted by atomic mass is 9.98. The van der Waals surface area contributed by atoms with Crippen molar-refractivity contribution in [1.29, 1.82) is 0 Å². The van der Waals surface area contributed by atoms with Gasteiger partial charge in [0, 0.05) is 5.92 Å². The molecule has 1 amide bonds. The molecule has 1 aliphatic rings. The van der Waals surface area contributed by atoms with Crippen molar-refractivity contribution in [3.8, 4) is 11.1 Å². The molecule has 0 radical (unpaired) electrons. The summed E-state index contributed by atoms with van der Waals surface area (Å²) in [6, 6.07) is 12.5. The normalized spacial score (nSPS) is 13.7. The Labute approximate surface area is 174 Å². The van der Waals surface area contributed by atoms with Gasteiger partial charge in [-0.2, -0.15) is 4.39 Å². The minimum absolute atomic E-state index is 0.0322. The zero-order valence-electron chi connectivity index (χ0n) is 17.1. The standard InChI is InChI=1S/C23H24FNO5/c1-23(2,3)30-21(27)19(12-20(24)26)25-22(28)29-13-18-16-10-6-4-8-14(16)15-9-5-7-11-17(15)18/h4-11,18-19H,12-13H2,1-3H3,(H,25,28)/t19-/m1/s1. The summed E-state index contributed by atoms with van der Waals surface area (Å²) in [7, 11) is 0. The average Bonchev–Trinajstić information content (AvgIpc) is 2.98. The fourth-order valence-corrected chi connectivity index (χ4v) is 3.51. The lowest BCUT2D eigenvalue weighted by Gasteiger charge is -2.24. The van der Waals surface area contributed by atoms with Crippen LogP contribution in [0.25, 0.3) is 11.1 Å². The van der Waals surface area contributed by atoms with Crippen LogP contribution in [0, 0.1) is 0 Å². The van der Waals surface area contributed by atoms with Gasteiger partial charge in [-0.3, -0.25) is 4.79 Å². The topological polar surface area (TPSA) is 81.7 Å². The van der Waals surface area contributed by atoms with E-state index in [1.807, 2.05) is 48.5 Å². The van der Waals surface area contributed by atoms with Crippen molar-refractivity contribution in [2.24, 2.45) is 0 Å². The Morgan fingerprint density at radius 3 is 2.03 bits per heavy atom. The molecule has 0 bridgehead atoms. The molecule has 7 heteroatoms. The van der Waals surface area contributed by atoms with E-state index in [0.29, 0.717) is 0 Å². The Balaban J connectivity index is 1.68. The molecule has 2 aromatic carbocycles. The summed E-state index contributed by atoms with van der Waals surface area (Å²) in [5, 5.41) is 2.25. The van der Waals surface area contributed by atoms with Crippen molar-refractivity contribution in [2.75, 3.05) is 6.61 Å². The molecule has 30 heavy (non-hydrogen) atoms. The molecule has 1 atom stereocenters. The van der Waals surface area contributed by atoms with Crippen LogP contribution in [-0.4, -0.2) is 36.3 Å². The van der Waals surface area contributed by atoms with Gasteiger partial charge in [-0.05, 0) is 43.0 Å². The van der Waals surface area contributed by atoms with Gasteiger partial charge in [-0.1, -0.05) is 48.5 Å². The number of carbonyl (C=O) groups is 3. The first-order chi connectivity index (χ1) is 14.2. The third-order valence-corrected chi connectivity index (χ3v) is 4.69. The van der Waals surface area contributed by atoms with Crippen LogP contribution in [0.3, 0.4) is 0 Å². The minimum atomic E-state index is -1.73. The molecule has 1 N–H and O–H groups in total. The van der Waals surface area contributed by atoms with Crippen molar-refractivity contribution in [2.45, 2.75) is 44.8 Å². The summed E-state index contributed by atoms with van der Waals surface area (Å²) in [6.07, 6.45) is -1.74. The average molecular weight is 413 g/mol. The summed E-state index contributed by atoms with van der Waals surface area (Å²) in [4.78, 5) is 35.4. The van der Waals surface area contributed by atoms with Crippen LogP contribution < -0.4 is 5.32 Å². The molecule has 0 unspecified atom stereocenters. The Morgan fingerprint density at radius 1 is 1.00 bits per heavy atom. The molecule has 0 heterocycles. The number of nitrogens with one attached hydrogen (secondary N) is 1. The van der Waals surface area contributed by atoms with Gasteiger partial charge in [0.1, 0.15) is 18.2 Å². The van der Waals surface area contributed by atoms with E-state index in [0.717, 1.165) is 22.3 Å². The Kier molecular flexibility index (Phi) is 6.20. The fraction of sp³-hybridized carbons (Fsp3) is 0.348. The highest BCUT2D eigenvalue weighted by molar-refractivity contribution is 5.86. The van der Waals surface area contributed by atoms with Crippen molar-refractivity contribution in [3.05, 3.63) is 59.7 Å². The third kappa shape index (κ3) is 5.03. The Hall–Kier alpha value is -3.22. The van der Waals surface area contributed by atoms with Crippen LogP contribution in [-0.2, 0) is 19.1 Å². The van der Waals surface area contributed by atoms with Crippen molar-refractivity contribution >= 4 is 18.1 Å². The van der Waals surface area contributed by atoms with Crippen molar-refractivity contribution in [3.63, 3.8) is 0 Å². The molecular formula is C23H24FNO5. The van der Waals surface area contributed by atoms with E-state index in [4.69, 9.17) is 9.47 Å². The number of rotatable bonds is 6. The molecule has 2 aromatic rings. The van der Waals surface area contributed by atoms with E-state index < -0.39 is 36.2 Å². The number of hydrogen-bond donors (Lipinski definition) is 1. The second kappa shape index (κ2) is 8.65. The number of fused-ring (bicyclic) bond motifs is 3. The summed E-state index contributed by atoms with van der Waals surface area (Å²) in [5.74, 6) is -1.06. The molecule has 1 aliphatic carbocycles. The van der Waals surface area contributed by atoms with Crippen LogP contribution in [0.4, 0.5) is 9.18 Å². The summed E-state index contributed by atoms with van der Waals surface area (Å²) in [5.41, 5.74) is 3.38. The summed E-state index contributed by atoms with van der Waals surface area (Å²) < 4.78 is 23.4. The first kappa shape index (κ1) is 21.5. The third-order valence-electron chi connectivity index (χ3n) is 4.69. The van der Waals surface area contributed by atoms with E-state index in [1.54, 1.807) is 20.8 Å². The van der Waals surface area contributed by atoms with Crippen molar-refractivity contribution < 1.29 is 28.2 Å². The highest BCUT2D eigenvalue weighted by Gasteiger charge is 2.31. The molecule has 0 saturated carbocycles. The van der Waals surface area contributed by atoms with Gasteiger partial charge in [0.05, 0.1) is 6.42 Å². The van der Waals surface area contributed by atoms with Crippen LogP contribution in [0.5, 0.6) is 0 Å². The maximum Gasteiger partial charge on any atom is 0.407 e. The summed E-state index contributed by atoms with van der Waals surface area (Å²) >= 11 is 0. The quantitative estimate of drug-likeness (QED) is 0.569. The second-order valence-electron chi connectivity index (χ2n) is 8.12. The minimum Gasteiger partial charge on any atom is -0.458 e. The highest BCUT2D eigenvalue weighted by Crippen LogP contribution is 2.44. The Bertz CT molecular complexity index is 921. The van der Waals surface area contributed by atoms with Crippen LogP contribution in [0.2, 0.25) is 0 Å². The van der Waals surface area contributed by atoms with Crippen molar-refractivity contribution in [1.82, 2.24) is 5.32 Å². The highest BCUT2D eigenvalue weighted by atomic mass is 19.1. The predicted molar refractivity (Wildman–Crippen MR) is 109 cm³/mol. The number of benzene rings is 2. The molecule has 0 spiro atoms. The number of carbonyl (C=O) groups excluding carboxylic acids is 3.